The maximum atomic E-state index is 11.4. The summed E-state index contributed by atoms with van der Waals surface area (Å²) in [5.41, 5.74) is 3.01. The Morgan fingerprint density at radius 1 is 1.00 bits per heavy atom. The Labute approximate surface area is 182 Å². The number of aromatic carboxylic acids is 1. The molecule has 0 aliphatic rings. The van der Waals surface area contributed by atoms with Crippen LogP contribution in [0.25, 0.3) is 0 Å². The van der Waals surface area contributed by atoms with Gasteiger partial charge in [0, 0.05) is 13.1 Å². The highest BCUT2D eigenvalue weighted by Crippen LogP contribution is 2.22. The first-order chi connectivity index (χ1) is 13.8. The van der Waals surface area contributed by atoms with E-state index in [1.807, 2.05) is 0 Å². The van der Waals surface area contributed by atoms with Crippen LogP contribution in [0.5, 0.6) is 0 Å². The average Bonchev–Trinajstić information content (AvgIpc) is 2.63. The monoisotopic (exact) mass is 449 g/mol. The second-order valence-electron chi connectivity index (χ2n) is 8.04. The highest BCUT2D eigenvalue weighted by molar-refractivity contribution is 7.92. The summed E-state index contributed by atoms with van der Waals surface area (Å²) >= 11 is 5.29. The third kappa shape index (κ3) is 7.31. The van der Waals surface area contributed by atoms with Crippen molar-refractivity contribution < 1.29 is 18.3 Å². The van der Waals surface area contributed by atoms with E-state index in [0.717, 1.165) is 11.8 Å². The molecule has 0 heterocycles. The first-order valence-electron chi connectivity index (χ1n) is 9.30. The summed E-state index contributed by atoms with van der Waals surface area (Å²) in [6.45, 7) is 7.36. The molecule has 0 saturated carbocycles. The number of hydrogen-bond donors (Lipinski definition) is 4. The second kappa shape index (κ2) is 9.44. The Morgan fingerprint density at radius 2 is 1.53 bits per heavy atom. The molecule has 4 N–H and O–H groups in total. The van der Waals surface area contributed by atoms with Crippen LogP contribution in [-0.2, 0) is 28.5 Å². The van der Waals surface area contributed by atoms with Crippen molar-refractivity contribution in [2.24, 2.45) is 0 Å². The van der Waals surface area contributed by atoms with Crippen LogP contribution in [0.3, 0.4) is 0 Å². The van der Waals surface area contributed by atoms with Gasteiger partial charge in [0.05, 0.1) is 17.5 Å². The van der Waals surface area contributed by atoms with E-state index in [9.17, 15) is 18.3 Å². The lowest BCUT2D eigenvalue weighted by Crippen LogP contribution is -2.34. The fourth-order valence-corrected chi connectivity index (χ4v) is 3.44. The van der Waals surface area contributed by atoms with E-state index in [2.05, 4.69) is 60.4 Å². The molecule has 0 amide bonds. The van der Waals surface area contributed by atoms with Gasteiger partial charge in [0.2, 0.25) is 10.0 Å². The van der Waals surface area contributed by atoms with Crippen molar-refractivity contribution in [3.05, 3.63) is 64.7 Å². The van der Waals surface area contributed by atoms with Crippen LogP contribution in [0.4, 0.5) is 5.69 Å². The molecule has 0 aromatic heterocycles. The van der Waals surface area contributed by atoms with E-state index in [-0.39, 0.29) is 16.7 Å². The third-order valence-corrected chi connectivity index (χ3v) is 5.22. The van der Waals surface area contributed by atoms with Crippen molar-refractivity contribution in [3.8, 4) is 0 Å². The Hall–Kier alpha value is -2.65. The smallest absolute Gasteiger partial charge is 0.337 e. The highest BCUT2D eigenvalue weighted by atomic mass is 32.2. The zero-order valence-electron chi connectivity index (χ0n) is 17.4. The minimum absolute atomic E-state index is 0.0214. The Morgan fingerprint density at radius 3 is 2.03 bits per heavy atom. The van der Waals surface area contributed by atoms with Gasteiger partial charge >= 0.3 is 5.97 Å². The SMILES string of the molecule is CC(C)(C)c1ccc(CNC(=S)NCc2ccc(NS(C)(=O)=O)c(C(=O)O)c2)cc1. The van der Waals surface area contributed by atoms with Gasteiger partial charge in [-0.1, -0.05) is 51.1 Å². The molecule has 0 fully saturated rings. The Kier molecular flexibility index (Phi) is 7.44. The molecule has 9 heteroatoms. The summed E-state index contributed by atoms with van der Waals surface area (Å²) in [6.07, 6.45) is 0.967. The van der Waals surface area contributed by atoms with E-state index in [1.165, 1.54) is 17.7 Å². The van der Waals surface area contributed by atoms with Gasteiger partial charge in [0.15, 0.2) is 5.11 Å². The van der Waals surface area contributed by atoms with Crippen molar-refractivity contribution in [2.75, 3.05) is 11.0 Å². The molecule has 0 unspecified atom stereocenters. The molecule has 2 aromatic carbocycles. The maximum absolute atomic E-state index is 11.4. The van der Waals surface area contributed by atoms with E-state index in [0.29, 0.717) is 23.8 Å². The third-order valence-electron chi connectivity index (χ3n) is 4.34. The minimum atomic E-state index is -3.58. The quantitative estimate of drug-likeness (QED) is 0.481. The fourth-order valence-electron chi connectivity index (χ4n) is 2.72. The van der Waals surface area contributed by atoms with Gasteiger partial charge in [-0.2, -0.15) is 0 Å². The lowest BCUT2D eigenvalue weighted by molar-refractivity contribution is 0.0698. The van der Waals surface area contributed by atoms with Crippen molar-refractivity contribution >= 4 is 39.0 Å². The van der Waals surface area contributed by atoms with Crippen molar-refractivity contribution in [1.82, 2.24) is 10.6 Å². The molecule has 2 aromatic rings. The second-order valence-corrected chi connectivity index (χ2v) is 10.2. The average molecular weight is 450 g/mol. The molecule has 0 saturated heterocycles. The lowest BCUT2D eigenvalue weighted by atomic mass is 9.87. The van der Waals surface area contributed by atoms with Crippen molar-refractivity contribution in [1.29, 1.82) is 0 Å². The molecule has 0 bridgehead atoms. The minimum Gasteiger partial charge on any atom is -0.478 e. The Balaban J connectivity index is 1.94. The van der Waals surface area contributed by atoms with Gasteiger partial charge in [0.1, 0.15) is 0 Å². The van der Waals surface area contributed by atoms with Gasteiger partial charge in [-0.3, -0.25) is 4.72 Å². The van der Waals surface area contributed by atoms with Gasteiger partial charge in [0.25, 0.3) is 0 Å². The number of rotatable bonds is 7. The zero-order chi connectivity index (χ0) is 22.5. The van der Waals surface area contributed by atoms with Gasteiger partial charge in [-0.25, -0.2) is 13.2 Å². The number of anilines is 1. The fraction of sp³-hybridized carbons (Fsp3) is 0.333. The van der Waals surface area contributed by atoms with Crippen LogP contribution in [0.15, 0.2) is 42.5 Å². The number of carboxylic acids is 1. The number of carbonyl (C=O) groups is 1. The van der Waals surface area contributed by atoms with Crippen LogP contribution in [-0.4, -0.2) is 30.9 Å². The predicted octanol–water partition coefficient (Wildman–Crippen LogP) is 3.22. The zero-order valence-corrected chi connectivity index (χ0v) is 19.1. The maximum Gasteiger partial charge on any atom is 0.337 e. The van der Waals surface area contributed by atoms with Crippen LogP contribution >= 0.6 is 12.2 Å². The normalized spacial score (nSPS) is 11.6. The number of hydrogen-bond acceptors (Lipinski definition) is 4. The van der Waals surface area contributed by atoms with E-state index in [1.54, 1.807) is 6.07 Å². The Bertz CT molecular complexity index is 1030. The van der Waals surface area contributed by atoms with E-state index in [4.69, 9.17) is 12.2 Å². The molecule has 0 atom stereocenters. The number of benzene rings is 2. The number of sulfonamides is 1. The predicted molar refractivity (Wildman–Crippen MR) is 123 cm³/mol. The molecule has 30 heavy (non-hydrogen) atoms. The first-order valence-corrected chi connectivity index (χ1v) is 11.6. The molecular formula is C21H27N3O4S2. The topological polar surface area (TPSA) is 108 Å². The van der Waals surface area contributed by atoms with E-state index >= 15 is 0 Å². The summed E-state index contributed by atoms with van der Waals surface area (Å²) < 4.78 is 25.0. The summed E-state index contributed by atoms with van der Waals surface area (Å²) in [5.74, 6) is -1.22. The lowest BCUT2D eigenvalue weighted by Gasteiger charge is -2.19. The molecule has 0 aliphatic heterocycles. The molecule has 0 radical (unpaired) electrons. The van der Waals surface area contributed by atoms with Crippen molar-refractivity contribution in [3.63, 3.8) is 0 Å². The molecule has 2 rings (SSSR count). The standard InChI is InChI=1S/C21H27N3O4S2/c1-21(2,3)16-8-5-14(6-9-16)12-22-20(29)23-13-15-7-10-18(24-30(4,27)28)17(11-15)19(25)26/h5-11,24H,12-13H2,1-4H3,(H,25,26)(H2,22,23,29). The summed E-state index contributed by atoms with van der Waals surface area (Å²) in [5, 5.41) is 15.9. The highest BCUT2D eigenvalue weighted by Gasteiger charge is 2.15. The molecular weight excluding hydrogens is 422 g/mol. The van der Waals surface area contributed by atoms with Crippen LogP contribution in [0, 0.1) is 0 Å². The van der Waals surface area contributed by atoms with Crippen LogP contribution in [0.2, 0.25) is 0 Å². The van der Waals surface area contributed by atoms with Gasteiger partial charge in [-0.05, 0) is 46.5 Å². The van der Waals surface area contributed by atoms with Crippen molar-refractivity contribution in [2.45, 2.75) is 39.3 Å². The molecule has 0 aliphatic carbocycles. The van der Waals surface area contributed by atoms with Crippen LogP contribution < -0.4 is 15.4 Å². The largest absolute Gasteiger partial charge is 0.478 e. The summed E-state index contributed by atoms with van der Waals surface area (Å²) in [6, 6.07) is 12.8. The first kappa shape index (κ1) is 23.6. The van der Waals surface area contributed by atoms with Crippen LogP contribution in [0.1, 0.15) is 47.8 Å². The number of carboxylic acid groups (broad SMARTS) is 1. The van der Waals surface area contributed by atoms with Gasteiger partial charge < -0.3 is 15.7 Å². The molecule has 0 spiro atoms. The van der Waals surface area contributed by atoms with Gasteiger partial charge in [-0.15, -0.1) is 0 Å². The summed E-state index contributed by atoms with van der Waals surface area (Å²) in [4.78, 5) is 11.4. The molecule has 162 valence electrons. The van der Waals surface area contributed by atoms with E-state index < -0.39 is 16.0 Å². The molecule has 7 nitrogen and oxygen atoms in total. The number of nitrogens with one attached hydrogen (secondary N) is 3. The number of thiocarbonyl (C=S) groups is 1. The summed E-state index contributed by atoms with van der Waals surface area (Å²) in [7, 11) is -3.58.